The monoisotopic (exact) mass is 229 g/mol. The number of imidazole rings is 1. The topological polar surface area (TPSA) is 29.9 Å². The number of hydrogen-bond donors (Lipinski definition) is 1. The maximum Gasteiger partial charge on any atom is 0.0949 e. The van der Waals surface area contributed by atoms with Crippen LogP contribution in [0.5, 0.6) is 0 Å². The zero-order chi connectivity index (χ0) is 12.1. The molecule has 0 bridgehead atoms. The van der Waals surface area contributed by atoms with Crippen LogP contribution in [0.25, 0.3) is 0 Å². The summed E-state index contributed by atoms with van der Waals surface area (Å²) < 4.78 is 2.14. The molecule has 0 saturated heterocycles. The summed E-state index contributed by atoms with van der Waals surface area (Å²) in [5.41, 5.74) is 3.68. The quantitative estimate of drug-likeness (QED) is 0.854. The van der Waals surface area contributed by atoms with Gasteiger partial charge in [0.15, 0.2) is 0 Å². The Kier molecular flexibility index (Phi) is 3.81. The zero-order valence-electron chi connectivity index (χ0n) is 10.5. The molecule has 0 unspecified atom stereocenters. The number of aromatic nitrogens is 2. The third-order valence-corrected chi connectivity index (χ3v) is 2.79. The van der Waals surface area contributed by atoms with Crippen LogP contribution in [-0.4, -0.2) is 16.1 Å². The van der Waals surface area contributed by atoms with E-state index in [1.165, 1.54) is 11.3 Å². The Morgan fingerprint density at radius 3 is 2.82 bits per heavy atom. The van der Waals surface area contributed by atoms with E-state index in [2.05, 4.69) is 52.3 Å². The lowest BCUT2D eigenvalue weighted by Crippen LogP contribution is -2.04. The Bertz CT molecular complexity index is 474. The van der Waals surface area contributed by atoms with Crippen molar-refractivity contribution >= 4 is 5.69 Å². The number of rotatable bonds is 5. The van der Waals surface area contributed by atoms with Crippen LogP contribution in [0.4, 0.5) is 5.69 Å². The van der Waals surface area contributed by atoms with Gasteiger partial charge in [0.2, 0.25) is 0 Å². The smallest absolute Gasteiger partial charge is 0.0949 e. The first-order chi connectivity index (χ1) is 8.29. The number of aryl methyl sites for hydroxylation is 3. The van der Waals surface area contributed by atoms with Crippen molar-refractivity contribution in [2.45, 2.75) is 26.8 Å². The first kappa shape index (κ1) is 11.7. The van der Waals surface area contributed by atoms with Gasteiger partial charge in [-0.15, -0.1) is 0 Å². The van der Waals surface area contributed by atoms with Crippen molar-refractivity contribution < 1.29 is 0 Å². The molecule has 2 aromatic rings. The normalized spacial score (nSPS) is 10.5. The number of para-hydroxylation sites is 1. The fourth-order valence-electron chi connectivity index (χ4n) is 1.94. The van der Waals surface area contributed by atoms with E-state index < -0.39 is 0 Å². The predicted molar refractivity (Wildman–Crippen MR) is 71.3 cm³/mol. The minimum atomic E-state index is 0.960. The predicted octanol–water partition coefficient (Wildman–Crippen LogP) is 2.87. The second-order valence-corrected chi connectivity index (χ2v) is 4.19. The van der Waals surface area contributed by atoms with E-state index in [0.717, 1.165) is 25.2 Å². The summed E-state index contributed by atoms with van der Waals surface area (Å²) >= 11 is 0. The number of hydrogen-bond acceptors (Lipinski definition) is 2. The molecule has 0 amide bonds. The Morgan fingerprint density at radius 2 is 2.12 bits per heavy atom. The zero-order valence-corrected chi connectivity index (χ0v) is 10.5. The van der Waals surface area contributed by atoms with Crippen molar-refractivity contribution in [3.05, 3.63) is 48.0 Å². The standard InChI is InChI=1S/C14H19N3/c1-3-15-14-7-5-4-6-13(14)8-9-17-10-12(2)16-11-17/h4-7,10-11,15H,3,8-9H2,1-2H3. The van der Waals surface area contributed by atoms with E-state index in [1.807, 2.05) is 13.3 Å². The van der Waals surface area contributed by atoms with E-state index >= 15 is 0 Å². The van der Waals surface area contributed by atoms with E-state index in [-0.39, 0.29) is 0 Å². The summed E-state index contributed by atoms with van der Waals surface area (Å²) in [5.74, 6) is 0. The molecular weight excluding hydrogens is 210 g/mol. The van der Waals surface area contributed by atoms with E-state index in [0.29, 0.717) is 0 Å². The summed E-state index contributed by atoms with van der Waals surface area (Å²) in [6, 6.07) is 8.48. The molecule has 90 valence electrons. The Balaban J connectivity index is 2.03. The van der Waals surface area contributed by atoms with Crippen LogP contribution < -0.4 is 5.32 Å². The lowest BCUT2D eigenvalue weighted by Gasteiger charge is -2.10. The van der Waals surface area contributed by atoms with Gasteiger partial charge in [-0.05, 0) is 31.9 Å². The van der Waals surface area contributed by atoms with Crippen molar-refractivity contribution in [2.75, 3.05) is 11.9 Å². The van der Waals surface area contributed by atoms with Crippen molar-refractivity contribution in [3.8, 4) is 0 Å². The maximum absolute atomic E-state index is 4.23. The van der Waals surface area contributed by atoms with Crippen LogP contribution in [0.2, 0.25) is 0 Å². The average Bonchev–Trinajstić information content (AvgIpc) is 2.74. The molecule has 1 aromatic carbocycles. The van der Waals surface area contributed by atoms with Gasteiger partial charge in [-0.3, -0.25) is 0 Å². The highest BCUT2D eigenvalue weighted by atomic mass is 15.0. The molecule has 0 saturated carbocycles. The average molecular weight is 229 g/mol. The molecule has 3 nitrogen and oxygen atoms in total. The molecule has 0 aliphatic rings. The largest absolute Gasteiger partial charge is 0.385 e. The SMILES string of the molecule is CCNc1ccccc1CCn1cnc(C)c1. The Labute approximate surface area is 103 Å². The summed E-state index contributed by atoms with van der Waals surface area (Å²) in [4.78, 5) is 4.23. The number of nitrogens with zero attached hydrogens (tertiary/aromatic N) is 2. The van der Waals surface area contributed by atoms with Crippen LogP contribution in [0.3, 0.4) is 0 Å². The van der Waals surface area contributed by atoms with Crippen LogP contribution in [0, 0.1) is 6.92 Å². The van der Waals surface area contributed by atoms with Gasteiger partial charge < -0.3 is 9.88 Å². The molecule has 2 rings (SSSR count). The van der Waals surface area contributed by atoms with Crippen molar-refractivity contribution in [1.82, 2.24) is 9.55 Å². The van der Waals surface area contributed by atoms with Gasteiger partial charge in [-0.1, -0.05) is 18.2 Å². The molecule has 0 fully saturated rings. The van der Waals surface area contributed by atoms with Gasteiger partial charge in [0.25, 0.3) is 0 Å². The molecule has 1 N–H and O–H groups in total. The lowest BCUT2D eigenvalue weighted by atomic mass is 10.1. The fourth-order valence-corrected chi connectivity index (χ4v) is 1.94. The second-order valence-electron chi connectivity index (χ2n) is 4.19. The summed E-state index contributed by atoms with van der Waals surface area (Å²) in [6.45, 7) is 6.07. The van der Waals surface area contributed by atoms with Crippen molar-refractivity contribution in [1.29, 1.82) is 0 Å². The highest BCUT2D eigenvalue weighted by Crippen LogP contribution is 2.16. The van der Waals surface area contributed by atoms with E-state index in [9.17, 15) is 0 Å². The first-order valence-electron chi connectivity index (χ1n) is 6.09. The van der Waals surface area contributed by atoms with Gasteiger partial charge >= 0.3 is 0 Å². The van der Waals surface area contributed by atoms with Gasteiger partial charge in [0.05, 0.1) is 12.0 Å². The molecule has 1 heterocycles. The molecule has 0 spiro atoms. The second kappa shape index (κ2) is 5.53. The molecule has 0 aliphatic heterocycles. The number of nitrogens with one attached hydrogen (secondary N) is 1. The van der Waals surface area contributed by atoms with Crippen LogP contribution >= 0.6 is 0 Å². The van der Waals surface area contributed by atoms with Gasteiger partial charge in [-0.25, -0.2) is 4.98 Å². The number of anilines is 1. The molecule has 0 atom stereocenters. The Morgan fingerprint density at radius 1 is 1.29 bits per heavy atom. The van der Waals surface area contributed by atoms with Gasteiger partial charge in [-0.2, -0.15) is 0 Å². The lowest BCUT2D eigenvalue weighted by molar-refractivity contribution is 0.696. The highest BCUT2D eigenvalue weighted by Gasteiger charge is 2.01. The summed E-state index contributed by atoms with van der Waals surface area (Å²) in [7, 11) is 0. The van der Waals surface area contributed by atoms with Crippen molar-refractivity contribution in [2.24, 2.45) is 0 Å². The summed E-state index contributed by atoms with van der Waals surface area (Å²) in [6.07, 6.45) is 5.00. The molecule has 3 heteroatoms. The fraction of sp³-hybridized carbons (Fsp3) is 0.357. The summed E-state index contributed by atoms with van der Waals surface area (Å²) in [5, 5.41) is 3.39. The van der Waals surface area contributed by atoms with Crippen LogP contribution in [-0.2, 0) is 13.0 Å². The Hall–Kier alpha value is -1.77. The highest BCUT2D eigenvalue weighted by molar-refractivity contribution is 5.50. The maximum atomic E-state index is 4.23. The number of benzene rings is 1. The molecular formula is C14H19N3. The third kappa shape index (κ3) is 3.09. The minimum absolute atomic E-state index is 0.960. The first-order valence-corrected chi connectivity index (χ1v) is 6.09. The third-order valence-electron chi connectivity index (χ3n) is 2.79. The van der Waals surface area contributed by atoms with E-state index in [1.54, 1.807) is 0 Å². The van der Waals surface area contributed by atoms with Crippen molar-refractivity contribution in [3.63, 3.8) is 0 Å². The van der Waals surface area contributed by atoms with E-state index in [4.69, 9.17) is 0 Å². The molecule has 0 aliphatic carbocycles. The molecule has 17 heavy (non-hydrogen) atoms. The van der Waals surface area contributed by atoms with Crippen LogP contribution in [0.1, 0.15) is 18.2 Å². The molecule has 0 radical (unpaired) electrons. The minimum Gasteiger partial charge on any atom is -0.385 e. The van der Waals surface area contributed by atoms with Crippen LogP contribution in [0.15, 0.2) is 36.8 Å². The molecule has 1 aromatic heterocycles. The van der Waals surface area contributed by atoms with Gasteiger partial charge in [0.1, 0.15) is 0 Å². The van der Waals surface area contributed by atoms with Gasteiger partial charge in [0, 0.05) is 25.0 Å².